The average molecular weight is 238 g/mol. The number of carbonyl (C=O) groups excluding carboxylic acids is 1. The van der Waals surface area contributed by atoms with Gasteiger partial charge in [0.05, 0.1) is 13.2 Å². The molecule has 2 aliphatic heterocycles. The number of ether oxygens (including phenoxy) is 1. The molecule has 4 heteroatoms. The summed E-state index contributed by atoms with van der Waals surface area (Å²) in [6.45, 7) is 6.05. The van der Waals surface area contributed by atoms with Gasteiger partial charge in [0, 0.05) is 38.4 Å². The minimum atomic E-state index is 0.702. The van der Waals surface area contributed by atoms with Gasteiger partial charge < -0.3 is 9.64 Å². The van der Waals surface area contributed by atoms with E-state index >= 15 is 0 Å². The Bertz CT molecular complexity index is 262. The molecule has 0 aliphatic carbocycles. The Morgan fingerprint density at radius 1 is 1.06 bits per heavy atom. The molecule has 2 fully saturated rings. The molecule has 2 rings (SSSR count). The number of aldehydes is 1. The zero-order valence-corrected chi connectivity index (χ0v) is 10.4. The van der Waals surface area contributed by atoms with Gasteiger partial charge in [-0.05, 0) is 25.3 Å². The second-order valence-corrected chi connectivity index (χ2v) is 4.75. The Hall–Kier alpha value is -0.870. The Kier molecular flexibility index (Phi) is 5.01. The van der Waals surface area contributed by atoms with Crippen molar-refractivity contribution < 1.29 is 9.53 Å². The van der Waals surface area contributed by atoms with Crippen LogP contribution in [0.15, 0.2) is 12.3 Å². The van der Waals surface area contributed by atoms with Crippen molar-refractivity contribution in [1.82, 2.24) is 9.80 Å². The lowest BCUT2D eigenvalue weighted by Crippen LogP contribution is -2.43. The summed E-state index contributed by atoms with van der Waals surface area (Å²) in [5.41, 5.74) is 0. The lowest BCUT2D eigenvalue weighted by atomic mass is 10.1. The van der Waals surface area contributed by atoms with E-state index in [1.807, 2.05) is 6.20 Å². The molecule has 0 aromatic rings. The van der Waals surface area contributed by atoms with Crippen molar-refractivity contribution in [2.24, 2.45) is 0 Å². The van der Waals surface area contributed by atoms with Gasteiger partial charge in [-0.3, -0.25) is 9.69 Å². The van der Waals surface area contributed by atoms with Gasteiger partial charge in [0.1, 0.15) is 6.29 Å². The monoisotopic (exact) mass is 238 g/mol. The third-order valence-corrected chi connectivity index (χ3v) is 3.67. The fraction of sp³-hybridized carbons (Fsp3) is 0.769. The van der Waals surface area contributed by atoms with Crippen LogP contribution in [0.4, 0.5) is 0 Å². The molecule has 0 amide bonds. The van der Waals surface area contributed by atoms with E-state index in [2.05, 4.69) is 9.80 Å². The van der Waals surface area contributed by atoms with Crippen molar-refractivity contribution >= 4 is 6.29 Å². The third kappa shape index (κ3) is 3.82. The average Bonchev–Trinajstić information content (AvgIpc) is 2.63. The largest absolute Gasteiger partial charge is 0.379 e. The molecule has 0 spiro atoms. The molecule has 2 saturated heterocycles. The second-order valence-electron chi connectivity index (χ2n) is 4.75. The van der Waals surface area contributed by atoms with Crippen molar-refractivity contribution in [1.29, 1.82) is 0 Å². The van der Waals surface area contributed by atoms with E-state index in [4.69, 9.17) is 4.74 Å². The summed E-state index contributed by atoms with van der Waals surface area (Å²) in [6, 6.07) is 0.702. The van der Waals surface area contributed by atoms with Crippen LogP contribution in [0.2, 0.25) is 0 Å². The highest BCUT2D eigenvalue weighted by Crippen LogP contribution is 2.18. The molecular formula is C13H22N2O2. The molecule has 0 N–H and O–H groups in total. The minimum Gasteiger partial charge on any atom is -0.379 e. The topological polar surface area (TPSA) is 32.8 Å². The number of hydrogen-bond donors (Lipinski definition) is 0. The van der Waals surface area contributed by atoms with Crippen LogP contribution in [0, 0.1) is 0 Å². The highest BCUT2D eigenvalue weighted by Gasteiger charge is 2.23. The first-order valence-corrected chi connectivity index (χ1v) is 6.58. The van der Waals surface area contributed by atoms with Crippen molar-refractivity contribution in [3.8, 4) is 0 Å². The number of morpholine rings is 1. The summed E-state index contributed by atoms with van der Waals surface area (Å²) in [6.07, 6.45) is 8.05. The van der Waals surface area contributed by atoms with E-state index in [1.54, 1.807) is 6.08 Å². The highest BCUT2D eigenvalue weighted by molar-refractivity contribution is 5.64. The van der Waals surface area contributed by atoms with Crippen LogP contribution in [-0.4, -0.2) is 61.5 Å². The molecule has 4 nitrogen and oxygen atoms in total. The first-order chi connectivity index (χ1) is 8.40. The lowest BCUT2D eigenvalue weighted by Gasteiger charge is -2.33. The van der Waals surface area contributed by atoms with Gasteiger partial charge in [-0.25, -0.2) is 0 Å². The predicted molar refractivity (Wildman–Crippen MR) is 66.8 cm³/mol. The number of rotatable bonds is 3. The van der Waals surface area contributed by atoms with Gasteiger partial charge in [-0.1, -0.05) is 0 Å². The molecule has 17 heavy (non-hydrogen) atoms. The van der Waals surface area contributed by atoms with Crippen LogP contribution in [0.25, 0.3) is 0 Å². The number of likely N-dealkylation sites (tertiary alicyclic amines) is 1. The molecule has 0 bridgehead atoms. The molecule has 0 aromatic carbocycles. The predicted octanol–water partition coefficient (Wildman–Crippen LogP) is 0.886. The standard InChI is InChI=1S/C13H22N2O2/c16-10-2-6-14-5-1-3-13(4-7-14)15-8-11-17-12-9-15/h2,6,10,13H,1,3-5,7-9,11-12H2. The Morgan fingerprint density at radius 2 is 1.88 bits per heavy atom. The van der Waals surface area contributed by atoms with Crippen LogP contribution in [0.1, 0.15) is 19.3 Å². The Balaban J connectivity index is 1.82. The number of nitrogens with zero attached hydrogens (tertiary/aromatic N) is 2. The molecule has 1 atom stereocenters. The van der Waals surface area contributed by atoms with E-state index in [9.17, 15) is 4.79 Å². The van der Waals surface area contributed by atoms with Crippen molar-refractivity contribution in [2.75, 3.05) is 39.4 Å². The summed E-state index contributed by atoms with van der Waals surface area (Å²) in [5.74, 6) is 0. The van der Waals surface area contributed by atoms with Gasteiger partial charge >= 0.3 is 0 Å². The number of allylic oxidation sites excluding steroid dienone is 1. The fourth-order valence-electron chi connectivity index (χ4n) is 2.71. The lowest BCUT2D eigenvalue weighted by molar-refractivity contribution is -0.104. The van der Waals surface area contributed by atoms with Gasteiger partial charge in [-0.15, -0.1) is 0 Å². The van der Waals surface area contributed by atoms with Crippen LogP contribution in [0.5, 0.6) is 0 Å². The zero-order chi connectivity index (χ0) is 11.9. The molecule has 0 saturated carbocycles. The molecule has 2 aliphatic rings. The summed E-state index contributed by atoms with van der Waals surface area (Å²) in [4.78, 5) is 15.1. The van der Waals surface area contributed by atoms with Gasteiger partial charge in [0.15, 0.2) is 0 Å². The maximum absolute atomic E-state index is 10.3. The Morgan fingerprint density at radius 3 is 2.65 bits per heavy atom. The second kappa shape index (κ2) is 6.77. The summed E-state index contributed by atoms with van der Waals surface area (Å²) < 4.78 is 5.39. The normalized spacial score (nSPS) is 28.2. The maximum atomic E-state index is 10.3. The number of hydrogen-bond acceptors (Lipinski definition) is 4. The molecule has 2 heterocycles. The molecule has 0 aromatic heterocycles. The highest BCUT2D eigenvalue weighted by atomic mass is 16.5. The Labute approximate surface area is 103 Å². The molecular weight excluding hydrogens is 216 g/mol. The van der Waals surface area contributed by atoms with Crippen LogP contribution in [-0.2, 0) is 9.53 Å². The SMILES string of the molecule is O=CC=CN1CCCC(N2CCOCC2)CC1. The van der Waals surface area contributed by atoms with Crippen molar-refractivity contribution in [3.63, 3.8) is 0 Å². The molecule has 1 unspecified atom stereocenters. The van der Waals surface area contributed by atoms with Crippen molar-refractivity contribution in [2.45, 2.75) is 25.3 Å². The smallest absolute Gasteiger partial charge is 0.144 e. The first kappa shape index (κ1) is 12.6. The first-order valence-electron chi connectivity index (χ1n) is 6.58. The summed E-state index contributed by atoms with van der Waals surface area (Å²) in [7, 11) is 0. The van der Waals surface area contributed by atoms with Gasteiger partial charge in [-0.2, -0.15) is 0 Å². The van der Waals surface area contributed by atoms with E-state index in [-0.39, 0.29) is 0 Å². The van der Waals surface area contributed by atoms with Crippen LogP contribution < -0.4 is 0 Å². The summed E-state index contributed by atoms with van der Waals surface area (Å²) in [5, 5.41) is 0. The zero-order valence-electron chi connectivity index (χ0n) is 10.4. The summed E-state index contributed by atoms with van der Waals surface area (Å²) >= 11 is 0. The number of carbonyl (C=O) groups is 1. The maximum Gasteiger partial charge on any atom is 0.144 e. The molecule has 0 radical (unpaired) electrons. The fourth-order valence-corrected chi connectivity index (χ4v) is 2.71. The van der Waals surface area contributed by atoms with E-state index in [0.717, 1.165) is 45.7 Å². The molecule has 96 valence electrons. The van der Waals surface area contributed by atoms with Crippen molar-refractivity contribution in [3.05, 3.63) is 12.3 Å². The third-order valence-electron chi connectivity index (χ3n) is 3.67. The van der Waals surface area contributed by atoms with E-state index < -0.39 is 0 Å². The van der Waals surface area contributed by atoms with Gasteiger partial charge in [0.2, 0.25) is 0 Å². The quantitative estimate of drug-likeness (QED) is 0.540. The van der Waals surface area contributed by atoms with Gasteiger partial charge in [0.25, 0.3) is 0 Å². The van der Waals surface area contributed by atoms with Crippen LogP contribution >= 0.6 is 0 Å². The van der Waals surface area contributed by atoms with E-state index in [1.165, 1.54) is 19.3 Å². The van der Waals surface area contributed by atoms with Crippen LogP contribution in [0.3, 0.4) is 0 Å². The minimum absolute atomic E-state index is 0.702. The van der Waals surface area contributed by atoms with E-state index in [0.29, 0.717) is 6.04 Å².